The van der Waals surface area contributed by atoms with Crippen LogP contribution in [-0.4, -0.2) is 25.9 Å². The van der Waals surface area contributed by atoms with Gasteiger partial charge in [0.1, 0.15) is 0 Å². The molecule has 0 saturated heterocycles. The van der Waals surface area contributed by atoms with Gasteiger partial charge in [0.15, 0.2) is 11.0 Å². The summed E-state index contributed by atoms with van der Waals surface area (Å²) in [6.07, 6.45) is 0. The Bertz CT molecular complexity index is 1270. The Balaban J connectivity index is 1.55. The number of benzene rings is 3. The van der Waals surface area contributed by atoms with Gasteiger partial charge in [-0.15, -0.1) is 10.2 Å². The fourth-order valence-corrected chi connectivity index (χ4v) is 4.39. The molecule has 0 bridgehead atoms. The van der Waals surface area contributed by atoms with E-state index >= 15 is 0 Å². The molecule has 0 radical (unpaired) electrons. The molecule has 0 spiro atoms. The highest BCUT2D eigenvalue weighted by Gasteiger charge is 2.21. The number of nitrogens with zero attached hydrogens (tertiary/aromatic N) is 3. The van der Waals surface area contributed by atoms with Gasteiger partial charge in [-0.25, -0.2) is 0 Å². The van der Waals surface area contributed by atoms with Gasteiger partial charge in [0.25, 0.3) is 0 Å². The van der Waals surface area contributed by atoms with Crippen molar-refractivity contribution >= 4 is 40.6 Å². The monoisotopic (exact) mass is 491 g/mol. The Morgan fingerprint density at radius 1 is 0.971 bits per heavy atom. The van der Waals surface area contributed by atoms with Gasteiger partial charge >= 0.3 is 0 Å². The van der Waals surface area contributed by atoms with E-state index in [1.807, 2.05) is 98.1 Å². The summed E-state index contributed by atoms with van der Waals surface area (Å²) in [7, 11) is 0. The van der Waals surface area contributed by atoms with Crippen LogP contribution in [0.2, 0.25) is 5.02 Å². The maximum absolute atomic E-state index is 12.8. The molecule has 3 aromatic carbocycles. The lowest BCUT2D eigenvalue weighted by Gasteiger charge is -2.15. The number of hydrogen-bond acceptors (Lipinski definition) is 5. The molecular weight excluding hydrogens is 466 g/mol. The summed E-state index contributed by atoms with van der Waals surface area (Å²) < 4.78 is 1.98. The topological polar surface area (TPSA) is 71.8 Å². The van der Waals surface area contributed by atoms with Crippen LogP contribution in [0.4, 0.5) is 11.4 Å². The summed E-state index contributed by atoms with van der Waals surface area (Å²) in [4.78, 5) is 12.8. The van der Waals surface area contributed by atoms with Gasteiger partial charge < -0.3 is 10.6 Å². The Kier molecular flexibility index (Phi) is 7.55. The Labute approximate surface area is 208 Å². The van der Waals surface area contributed by atoms with Crippen molar-refractivity contribution in [3.8, 4) is 5.69 Å². The van der Waals surface area contributed by atoms with E-state index in [2.05, 4.69) is 20.8 Å². The third-order valence-corrected chi connectivity index (χ3v) is 6.52. The molecule has 6 nitrogen and oxygen atoms in total. The predicted octanol–water partition coefficient (Wildman–Crippen LogP) is 6.27. The number of nitrogens with one attached hydrogen (secondary N) is 2. The van der Waals surface area contributed by atoms with Crippen molar-refractivity contribution in [2.45, 2.75) is 37.7 Å². The van der Waals surface area contributed by atoms with Crippen LogP contribution < -0.4 is 10.6 Å². The van der Waals surface area contributed by atoms with Crippen LogP contribution in [0.3, 0.4) is 0 Å². The molecule has 4 rings (SSSR count). The van der Waals surface area contributed by atoms with E-state index < -0.39 is 0 Å². The molecule has 0 aliphatic carbocycles. The van der Waals surface area contributed by atoms with E-state index in [4.69, 9.17) is 11.6 Å². The summed E-state index contributed by atoms with van der Waals surface area (Å²) in [6, 6.07) is 23.4. The van der Waals surface area contributed by atoms with E-state index in [0.29, 0.717) is 16.7 Å². The number of carbonyl (C=O) groups excluding carboxylic acids is 1. The molecule has 4 aromatic rings. The first-order valence-electron chi connectivity index (χ1n) is 10.9. The maximum atomic E-state index is 12.8. The molecule has 0 aliphatic heterocycles. The molecule has 174 valence electrons. The highest BCUT2D eigenvalue weighted by molar-refractivity contribution is 8.00. The molecule has 0 saturated carbocycles. The normalized spacial score (nSPS) is 11.8. The minimum atomic E-state index is -0.372. The van der Waals surface area contributed by atoms with Crippen LogP contribution in [-0.2, 0) is 11.3 Å². The Morgan fingerprint density at radius 3 is 2.32 bits per heavy atom. The van der Waals surface area contributed by atoms with E-state index in [1.54, 1.807) is 0 Å². The van der Waals surface area contributed by atoms with Crippen LogP contribution in [0.25, 0.3) is 5.69 Å². The third-order valence-electron chi connectivity index (χ3n) is 5.24. The summed E-state index contributed by atoms with van der Waals surface area (Å²) in [5.74, 6) is 0.642. The molecule has 1 amide bonds. The number of hydrogen-bond donors (Lipinski definition) is 2. The van der Waals surface area contributed by atoms with E-state index in [-0.39, 0.29) is 11.2 Å². The first kappa shape index (κ1) is 23.9. The van der Waals surface area contributed by atoms with Crippen LogP contribution in [0.5, 0.6) is 0 Å². The molecule has 34 heavy (non-hydrogen) atoms. The number of anilines is 2. The van der Waals surface area contributed by atoms with Gasteiger partial charge in [-0.3, -0.25) is 9.36 Å². The highest BCUT2D eigenvalue weighted by atomic mass is 35.5. The van der Waals surface area contributed by atoms with Gasteiger partial charge in [0, 0.05) is 22.1 Å². The number of rotatable bonds is 8. The predicted molar refractivity (Wildman–Crippen MR) is 140 cm³/mol. The molecule has 2 N–H and O–H groups in total. The average Bonchev–Trinajstić information content (AvgIpc) is 3.22. The molecule has 1 unspecified atom stereocenters. The molecule has 0 fully saturated rings. The number of thioether (sulfide) groups is 1. The minimum absolute atomic E-state index is 0.0917. The van der Waals surface area contributed by atoms with Crippen LogP contribution in [0, 0.1) is 13.8 Å². The van der Waals surface area contributed by atoms with Gasteiger partial charge in [-0.2, -0.15) is 0 Å². The zero-order valence-corrected chi connectivity index (χ0v) is 20.8. The minimum Gasteiger partial charge on any atom is -0.378 e. The van der Waals surface area contributed by atoms with Crippen molar-refractivity contribution < 1.29 is 4.79 Å². The summed E-state index contributed by atoms with van der Waals surface area (Å²) in [6.45, 7) is 6.38. The van der Waals surface area contributed by atoms with Gasteiger partial charge in [-0.05, 0) is 63.2 Å². The lowest BCUT2D eigenvalue weighted by atomic mass is 10.2. The van der Waals surface area contributed by atoms with Crippen molar-refractivity contribution in [2.75, 3.05) is 10.6 Å². The van der Waals surface area contributed by atoms with Gasteiger partial charge in [0.2, 0.25) is 5.91 Å². The first-order chi connectivity index (χ1) is 16.4. The largest absolute Gasteiger partial charge is 0.378 e. The number of halogens is 1. The standard InChI is InChI=1S/C26H26ClN5OS/c1-17-7-11-21(12-8-17)29-25(33)19(3)34-26-31-30-24(16-28-22-6-4-5-20(27)15-22)32(26)23-13-9-18(2)10-14-23/h4-15,19,28H,16H2,1-3H3,(H,29,33). The van der Waals surface area contributed by atoms with Crippen molar-refractivity contribution in [1.82, 2.24) is 14.8 Å². The lowest BCUT2D eigenvalue weighted by Crippen LogP contribution is -2.23. The van der Waals surface area contributed by atoms with Crippen molar-refractivity contribution in [1.29, 1.82) is 0 Å². The summed E-state index contributed by atoms with van der Waals surface area (Å²) in [5.41, 5.74) is 4.91. The van der Waals surface area contributed by atoms with Crippen LogP contribution in [0.1, 0.15) is 23.9 Å². The molecule has 1 aromatic heterocycles. The number of carbonyl (C=O) groups is 1. The van der Waals surface area contributed by atoms with Gasteiger partial charge in [-0.1, -0.05) is 64.8 Å². The number of aryl methyl sites for hydroxylation is 2. The molecule has 1 heterocycles. The average molecular weight is 492 g/mol. The fourth-order valence-electron chi connectivity index (χ4n) is 3.32. The SMILES string of the molecule is Cc1ccc(NC(=O)C(C)Sc2nnc(CNc3cccc(Cl)c3)n2-c2ccc(C)cc2)cc1. The first-order valence-corrected chi connectivity index (χ1v) is 12.2. The second kappa shape index (κ2) is 10.8. The summed E-state index contributed by atoms with van der Waals surface area (Å²) in [5, 5.41) is 16.1. The molecule has 8 heteroatoms. The van der Waals surface area contributed by atoms with E-state index in [0.717, 1.165) is 34.0 Å². The smallest absolute Gasteiger partial charge is 0.237 e. The van der Waals surface area contributed by atoms with Crippen molar-refractivity contribution in [3.05, 3.63) is 94.8 Å². The zero-order chi connectivity index (χ0) is 24.1. The van der Waals surface area contributed by atoms with E-state index in [1.165, 1.54) is 11.8 Å². The molecular formula is C26H26ClN5OS. The molecule has 1 atom stereocenters. The van der Waals surface area contributed by atoms with E-state index in [9.17, 15) is 4.79 Å². The van der Waals surface area contributed by atoms with Gasteiger partial charge in [0.05, 0.1) is 11.8 Å². The second-order valence-corrected chi connectivity index (χ2v) is 9.79. The van der Waals surface area contributed by atoms with Crippen molar-refractivity contribution in [2.24, 2.45) is 0 Å². The Hall–Kier alpha value is -3.29. The van der Waals surface area contributed by atoms with Crippen LogP contribution in [0.15, 0.2) is 78.0 Å². The quantitative estimate of drug-likeness (QED) is 0.284. The molecule has 0 aliphatic rings. The highest BCUT2D eigenvalue weighted by Crippen LogP contribution is 2.27. The third kappa shape index (κ3) is 5.98. The fraction of sp³-hybridized carbons (Fsp3) is 0.192. The lowest BCUT2D eigenvalue weighted by molar-refractivity contribution is -0.115. The number of aromatic nitrogens is 3. The Morgan fingerprint density at radius 2 is 1.65 bits per heavy atom. The maximum Gasteiger partial charge on any atom is 0.237 e. The zero-order valence-electron chi connectivity index (χ0n) is 19.2. The van der Waals surface area contributed by atoms with Crippen molar-refractivity contribution in [3.63, 3.8) is 0 Å². The number of amides is 1. The second-order valence-electron chi connectivity index (χ2n) is 8.05. The summed E-state index contributed by atoms with van der Waals surface area (Å²) >= 11 is 7.48. The van der Waals surface area contributed by atoms with Crippen LogP contribution >= 0.6 is 23.4 Å².